The number of rotatable bonds is 4. The number of alkyl halides is 2. The van der Waals surface area contributed by atoms with Crippen molar-refractivity contribution in [2.75, 3.05) is 6.61 Å². The molecule has 0 amide bonds. The van der Waals surface area contributed by atoms with E-state index in [1.54, 1.807) is 19.1 Å². The van der Waals surface area contributed by atoms with Crippen molar-refractivity contribution >= 4 is 11.6 Å². The van der Waals surface area contributed by atoms with Gasteiger partial charge in [-0.25, -0.2) is 18.6 Å². The average Bonchev–Trinajstić information content (AvgIpc) is 2.96. The second kappa shape index (κ2) is 7.02. The number of hydrogen-bond donors (Lipinski definition) is 0. The van der Waals surface area contributed by atoms with E-state index in [9.17, 15) is 13.6 Å². The van der Waals surface area contributed by atoms with Crippen molar-refractivity contribution in [3.8, 4) is 6.07 Å². The van der Waals surface area contributed by atoms with Gasteiger partial charge in [0.05, 0.1) is 23.9 Å². The van der Waals surface area contributed by atoms with Gasteiger partial charge in [-0.15, -0.1) is 0 Å². The molecule has 0 aliphatic heterocycles. The van der Waals surface area contributed by atoms with Gasteiger partial charge in [0, 0.05) is 18.5 Å². The third kappa shape index (κ3) is 3.55. The second-order valence-electron chi connectivity index (χ2n) is 6.82. The first-order chi connectivity index (χ1) is 12.3. The minimum Gasteiger partial charge on any atom is -0.461 e. The van der Waals surface area contributed by atoms with E-state index in [1.165, 1.54) is 0 Å². The fourth-order valence-electron chi connectivity index (χ4n) is 3.63. The van der Waals surface area contributed by atoms with Gasteiger partial charge in [-0.05, 0) is 51.2 Å². The van der Waals surface area contributed by atoms with E-state index in [0.29, 0.717) is 36.2 Å². The topological polar surface area (TPSA) is 67.4 Å². The van der Waals surface area contributed by atoms with E-state index in [0.717, 1.165) is 5.69 Å². The summed E-state index contributed by atoms with van der Waals surface area (Å²) in [5, 5.41) is 9.15. The first kappa shape index (κ1) is 18.3. The van der Waals surface area contributed by atoms with Crippen molar-refractivity contribution in [1.29, 1.82) is 5.26 Å². The first-order valence-electron chi connectivity index (χ1n) is 8.81. The van der Waals surface area contributed by atoms with Crippen LogP contribution in [0.2, 0.25) is 0 Å². The number of esters is 1. The number of carbonyl (C=O) groups is 1. The third-order valence-corrected chi connectivity index (χ3v) is 4.92. The summed E-state index contributed by atoms with van der Waals surface area (Å²) in [6, 6.07) is 5.42. The van der Waals surface area contributed by atoms with Crippen LogP contribution in [0.15, 0.2) is 12.1 Å². The number of fused-ring (bicyclic) bond motifs is 1. The van der Waals surface area contributed by atoms with E-state index in [4.69, 9.17) is 10.00 Å². The summed E-state index contributed by atoms with van der Waals surface area (Å²) >= 11 is 0. The highest BCUT2D eigenvalue weighted by molar-refractivity contribution is 5.89. The van der Waals surface area contributed by atoms with Crippen LogP contribution in [0.3, 0.4) is 0 Å². The molecule has 2 aromatic rings. The maximum absolute atomic E-state index is 13.4. The fourth-order valence-corrected chi connectivity index (χ4v) is 3.63. The van der Waals surface area contributed by atoms with Crippen molar-refractivity contribution < 1.29 is 18.3 Å². The van der Waals surface area contributed by atoms with E-state index in [-0.39, 0.29) is 31.1 Å². The Morgan fingerprint density at radius 3 is 2.73 bits per heavy atom. The van der Waals surface area contributed by atoms with Gasteiger partial charge in [-0.2, -0.15) is 5.26 Å². The molecule has 0 radical (unpaired) electrons. The lowest BCUT2D eigenvalue weighted by Gasteiger charge is -2.28. The molecule has 2 aromatic heterocycles. The molecule has 26 heavy (non-hydrogen) atoms. The van der Waals surface area contributed by atoms with Crippen LogP contribution in [0.5, 0.6) is 0 Å². The van der Waals surface area contributed by atoms with Gasteiger partial charge in [-0.1, -0.05) is 0 Å². The van der Waals surface area contributed by atoms with Crippen LogP contribution in [-0.2, 0) is 11.2 Å². The summed E-state index contributed by atoms with van der Waals surface area (Å²) in [7, 11) is 0. The molecule has 1 fully saturated rings. The second-order valence-corrected chi connectivity index (χ2v) is 6.82. The Hall–Kier alpha value is -2.49. The fraction of sp³-hybridized carbons (Fsp3) is 0.526. The Bertz CT molecular complexity index is 873. The maximum atomic E-state index is 13.4. The zero-order valence-electron chi connectivity index (χ0n) is 14.9. The van der Waals surface area contributed by atoms with Crippen LogP contribution < -0.4 is 0 Å². The molecule has 1 aliphatic rings. The molecule has 0 saturated heterocycles. The standard InChI is InChI=1S/C19H21F2N3O2/c1-3-26-18(25)17-15(9-13-4-6-19(20,21)7-5-13)24-12(2)8-14(11-22)10-16(24)23-17/h8,10,13H,3-7,9H2,1-2H3. The Morgan fingerprint density at radius 1 is 1.42 bits per heavy atom. The van der Waals surface area contributed by atoms with Gasteiger partial charge in [0.15, 0.2) is 5.69 Å². The van der Waals surface area contributed by atoms with E-state index >= 15 is 0 Å². The molecule has 0 spiro atoms. The minimum atomic E-state index is -2.59. The Labute approximate surface area is 150 Å². The number of aromatic nitrogens is 2. The molecule has 0 aromatic carbocycles. The van der Waals surface area contributed by atoms with E-state index < -0.39 is 11.9 Å². The third-order valence-electron chi connectivity index (χ3n) is 4.92. The van der Waals surface area contributed by atoms with Gasteiger partial charge in [0.2, 0.25) is 5.92 Å². The van der Waals surface area contributed by atoms with Crippen LogP contribution in [0.1, 0.15) is 60.0 Å². The largest absolute Gasteiger partial charge is 0.461 e. The Morgan fingerprint density at radius 2 is 2.12 bits per heavy atom. The molecule has 1 saturated carbocycles. The number of aryl methyl sites for hydroxylation is 1. The van der Waals surface area contributed by atoms with Crippen LogP contribution in [0.25, 0.3) is 5.65 Å². The average molecular weight is 361 g/mol. The highest BCUT2D eigenvalue weighted by atomic mass is 19.3. The number of hydrogen-bond acceptors (Lipinski definition) is 4. The smallest absolute Gasteiger partial charge is 0.358 e. The van der Waals surface area contributed by atoms with Crippen molar-refractivity contribution in [3.05, 3.63) is 34.8 Å². The predicted molar refractivity (Wildman–Crippen MR) is 91.2 cm³/mol. The maximum Gasteiger partial charge on any atom is 0.358 e. The normalized spacial score (nSPS) is 17.2. The Balaban J connectivity index is 2.02. The van der Waals surface area contributed by atoms with Crippen LogP contribution in [0.4, 0.5) is 8.78 Å². The SMILES string of the molecule is CCOC(=O)c1nc2cc(C#N)cc(C)n2c1CC1CCC(F)(F)CC1. The molecule has 0 bridgehead atoms. The summed E-state index contributed by atoms with van der Waals surface area (Å²) in [4.78, 5) is 16.7. The number of imidazole rings is 1. The van der Waals surface area contributed by atoms with Crippen LogP contribution >= 0.6 is 0 Å². The highest BCUT2D eigenvalue weighted by Gasteiger charge is 2.36. The number of carbonyl (C=O) groups excluding carboxylic acids is 1. The van der Waals surface area contributed by atoms with Crippen LogP contribution in [0, 0.1) is 24.2 Å². The lowest BCUT2D eigenvalue weighted by atomic mass is 9.83. The number of nitrogens with zero attached hydrogens (tertiary/aromatic N) is 3. The van der Waals surface area contributed by atoms with E-state index in [2.05, 4.69) is 11.1 Å². The van der Waals surface area contributed by atoms with Crippen molar-refractivity contribution in [1.82, 2.24) is 9.38 Å². The van der Waals surface area contributed by atoms with Gasteiger partial charge in [0.1, 0.15) is 5.65 Å². The van der Waals surface area contributed by atoms with Gasteiger partial charge >= 0.3 is 5.97 Å². The molecule has 1 aliphatic carbocycles. The van der Waals surface area contributed by atoms with Crippen LogP contribution in [-0.4, -0.2) is 27.9 Å². The predicted octanol–water partition coefficient (Wildman–Crippen LogP) is 4.06. The van der Waals surface area contributed by atoms with Crippen molar-refractivity contribution in [2.24, 2.45) is 5.92 Å². The lowest BCUT2D eigenvalue weighted by molar-refractivity contribution is -0.0457. The molecular weight excluding hydrogens is 340 g/mol. The van der Waals surface area contributed by atoms with Crippen molar-refractivity contribution in [2.45, 2.75) is 51.9 Å². The molecule has 7 heteroatoms. The lowest BCUT2D eigenvalue weighted by Crippen LogP contribution is -2.26. The molecule has 5 nitrogen and oxygen atoms in total. The molecule has 138 valence electrons. The summed E-state index contributed by atoms with van der Waals surface area (Å²) in [5.74, 6) is -3.04. The molecule has 0 unspecified atom stereocenters. The minimum absolute atomic E-state index is 0.0674. The monoisotopic (exact) mass is 361 g/mol. The molecule has 3 rings (SSSR count). The summed E-state index contributed by atoms with van der Waals surface area (Å²) in [6.07, 6.45) is 1.06. The summed E-state index contributed by atoms with van der Waals surface area (Å²) < 4.78 is 33.8. The summed E-state index contributed by atoms with van der Waals surface area (Å²) in [6.45, 7) is 3.78. The number of halogens is 2. The highest BCUT2D eigenvalue weighted by Crippen LogP contribution is 2.38. The Kier molecular flexibility index (Phi) is 4.94. The first-order valence-corrected chi connectivity index (χ1v) is 8.81. The van der Waals surface area contributed by atoms with Gasteiger partial charge < -0.3 is 9.14 Å². The molecule has 0 N–H and O–H groups in total. The quantitative estimate of drug-likeness (QED) is 0.770. The number of ether oxygens (including phenoxy) is 1. The van der Waals surface area contributed by atoms with Gasteiger partial charge in [-0.3, -0.25) is 0 Å². The zero-order valence-corrected chi connectivity index (χ0v) is 14.9. The van der Waals surface area contributed by atoms with E-state index in [1.807, 2.05) is 11.3 Å². The molecule has 0 atom stereocenters. The molecular formula is C19H21F2N3O2. The van der Waals surface area contributed by atoms with Crippen molar-refractivity contribution in [3.63, 3.8) is 0 Å². The molecule has 2 heterocycles. The number of pyridine rings is 1. The number of nitriles is 1. The summed E-state index contributed by atoms with van der Waals surface area (Å²) in [5.41, 5.74) is 2.62. The van der Waals surface area contributed by atoms with Gasteiger partial charge in [0.25, 0.3) is 0 Å². The zero-order chi connectivity index (χ0) is 18.9.